The number of rotatable bonds is 1. The highest BCUT2D eigenvalue weighted by Gasteiger charge is 2.04. The van der Waals surface area contributed by atoms with Crippen molar-refractivity contribution >= 4 is 23.3 Å². The lowest BCUT2D eigenvalue weighted by molar-refractivity contribution is 0.223. The first kappa shape index (κ1) is 10.8. The third-order valence-corrected chi connectivity index (χ3v) is 2.15. The second-order valence-corrected chi connectivity index (χ2v) is 3.41. The van der Waals surface area contributed by atoms with Crippen molar-refractivity contribution in [3.05, 3.63) is 28.8 Å². The van der Waals surface area contributed by atoms with Crippen LogP contribution in [0.3, 0.4) is 0 Å². The van der Waals surface area contributed by atoms with Gasteiger partial charge in [-0.3, -0.25) is 5.01 Å². The fraction of sp³-hybridized carbons (Fsp3) is 0.222. The van der Waals surface area contributed by atoms with E-state index < -0.39 is 0 Å². The van der Waals surface area contributed by atoms with Gasteiger partial charge in [-0.1, -0.05) is 11.6 Å². The summed E-state index contributed by atoms with van der Waals surface area (Å²) in [5, 5.41) is 4.26. The Labute approximate surface area is 87.6 Å². The van der Waals surface area contributed by atoms with Crippen LogP contribution in [0, 0.1) is 6.92 Å². The third-order valence-electron chi connectivity index (χ3n) is 1.73. The molecule has 0 aliphatic rings. The molecule has 1 rings (SSSR count). The molecule has 0 saturated carbocycles. The molecule has 4 nitrogen and oxygen atoms in total. The molecule has 0 bridgehead atoms. The van der Waals surface area contributed by atoms with Crippen molar-refractivity contribution in [3.63, 3.8) is 0 Å². The van der Waals surface area contributed by atoms with Gasteiger partial charge in [0.05, 0.1) is 0 Å². The first-order valence-electron chi connectivity index (χ1n) is 4.06. The quantitative estimate of drug-likeness (QED) is 0.426. The maximum Gasteiger partial charge on any atom is 0.335 e. The fourth-order valence-electron chi connectivity index (χ4n) is 0.934. The summed E-state index contributed by atoms with van der Waals surface area (Å²) in [4.78, 5) is 11.2. The van der Waals surface area contributed by atoms with Crippen LogP contribution in [-0.4, -0.2) is 18.1 Å². The Bertz CT molecular complexity index is 352. The van der Waals surface area contributed by atoms with Crippen molar-refractivity contribution in [2.75, 3.05) is 12.4 Å². The SMILES string of the molecule is Cc1cc(NC(=O)N(C)N)ccc1Cl. The van der Waals surface area contributed by atoms with Gasteiger partial charge in [-0.05, 0) is 30.7 Å². The van der Waals surface area contributed by atoms with Crippen LogP contribution >= 0.6 is 11.6 Å². The molecular formula is C9H12ClN3O. The first-order valence-corrected chi connectivity index (χ1v) is 4.44. The van der Waals surface area contributed by atoms with E-state index in [0.717, 1.165) is 10.6 Å². The number of hydrogen-bond donors (Lipinski definition) is 2. The average molecular weight is 214 g/mol. The van der Waals surface area contributed by atoms with E-state index in [0.29, 0.717) is 10.7 Å². The first-order chi connectivity index (χ1) is 6.50. The number of aryl methyl sites for hydroxylation is 1. The number of hydrazine groups is 1. The highest BCUT2D eigenvalue weighted by atomic mass is 35.5. The fourth-order valence-corrected chi connectivity index (χ4v) is 1.05. The molecule has 2 amide bonds. The van der Waals surface area contributed by atoms with Gasteiger partial charge in [-0.2, -0.15) is 0 Å². The molecule has 14 heavy (non-hydrogen) atoms. The largest absolute Gasteiger partial charge is 0.335 e. The zero-order valence-corrected chi connectivity index (χ0v) is 8.80. The van der Waals surface area contributed by atoms with Gasteiger partial charge < -0.3 is 5.32 Å². The predicted octanol–water partition coefficient (Wildman–Crippen LogP) is 1.99. The van der Waals surface area contributed by atoms with Crippen molar-refractivity contribution in [1.29, 1.82) is 0 Å². The van der Waals surface area contributed by atoms with Crippen LogP contribution in [0.4, 0.5) is 10.5 Å². The summed E-state index contributed by atoms with van der Waals surface area (Å²) >= 11 is 5.83. The van der Waals surface area contributed by atoms with Gasteiger partial charge in [0.1, 0.15) is 0 Å². The molecule has 0 aliphatic carbocycles. The standard InChI is InChI=1S/C9H12ClN3O/c1-6-5-7(3-4-8(6)10)12-9(14)13(2)11/h3-5H,11H2,1-2H3,(H,12,14). The van der Waals surface area contributed by atoms with Crippen LogP contribution in [0.25, 0.3) is 0 Å². The summed E-state index contributed by atoms with van der Waals surface area (Å²) in [6.45, 7) is 1.87. The Morgan fingerprint density at radius 3 is 2.71 bits per heavy atom. The maximum absolute atomic E-state index is 11.2. The molecule has 0 spiro atoms. The molecule has 0 fully saturated rings. The molecule has 1 aromatic carbocycles. The number of benzene rings is 1. The van der Waals surface area contributed by atoms with E-state index in [2.05, 4.69) is 5.32 Å². The van der Waals surface area contributed by atoms with E-state index in [1.807, 2.05) is 6.92 Å². The van der Waals surface area contributed by atoms with Crippen LogP contribution in [0.5, 0.6) is 0 Å². The Morgan fingerprint density at radius 2 is 2.21 bits per heavy atom. The van der Waals surface area contributed by atoms with Gasteiger partial charge >= 0.3 is 6.03 Å². The lowest BCUT2D eigenvalue weighted by atomic mass is 10.2. The topological polar surface area (TPSA) is 58.4 Å². The van der Waals surface area contributed by atoms with E-state index in [4.69, 9.17) is 17.4 Å². The Kier molecular flexibility index (Phi) is 3.33. The van der Waals surface area contributed by atoms with Crippen LogP contribution in [0.15, 0.2) is 18.2 Å². The molecule has 5 heteroatoms. The number of carbonyl (C=O) groups excluding carboxylic acids is 1. The molecule has 0 radical (unpaired) electrons. The molecule has 0 atom stereocenters. The van der Waals surface area contributed by atoms with Crippen LogP contribution in [-0.2, 0) is 0 Å². The Hall–Kier alpha value is -1.26. The van der Waals surface area contributed by atoms with Gasteiger partial charge in [0, 0.05) is 17.8 Å². The summed E-state index contributed by atoms with van der Waals surface area (Å²) in [7, 11) is 1.47. The smallest absolute Gasteiger partial charge is 0.307 e. The number of urea groups is 1. The van der Waals surface area contributed by atoms with Gasteiger partial charge in [0.25, 0.3) is 0 Å². The number of anilines is 1. The van der Waals surface area contributed by atoms with Crippen LogP contribution < -0.4 is 11.2 Å². The van der Waals surface area contributed by atoms with Gasteiger partial charge in [0.2, 0.25) is 0 Å². The predicted molar refractivity (Wildman–Crippen MR) is 57.2 cm³/mol. The average Bonchev–Trinajstić information content (AvgIpc) is 2.11. The zero-order valence-electron chi connectivity index (χ0n) is 8.04. The molecule has 0 saturated heterocycles. The number of halogens is 1. The lowest BCUT2D eigenvalue weighted by Gasteiger charge is -2.12. The summed E-state index contributed by atoms with van der Waals surface area (Å²) in [5.41, 5.74) is 1.58. The van der Waals surface area contributed by atoms with E-state index in [9.17, 15) is 4.79 Å². The Morgan fingerprint density at radius 1 is 1.57 bits per heavy atom. The normalized spacial score (nSPS) is 9.71. The number of nitrogens with zero attached hydrogens (tertiary/aromatic N) is 1. The monoisotopic (exact) mass is 213 g/mol. The highest BCUT2D eigenvalue weighted by molar-refractivity contribution is 6.31. The minimum absolute atomic E-state index is 0.369. The minimum atomic E-state index is -0.369. The molecule has 1 aromatic rings. The molecule has 3 N–H and O–H groups in total. The van der Waals surface area contributed by atoms with Crippen molar-refractivity contribution in [2.24, 2.45) is 5.84 Å². The van der Waals surface area contributed by atoms with Gasteiger partial charge in [-0.25, -0.2) is 10.6 Å². The number of nitrogens with one attached hydrogen (secondary N) is 1. The number of hydrogen-bond acceptors (Lipinski definition) is 2. The van der Waals surface area contributed by atoms with Gasteiger partial charge in [-0.15, -0.1) is 0 Å². The third kappa shape index (κ3) is 2.61. The second kappa shape index (κ2) is 4.30. The minimum Gasteiger partial charge on any atom is -0.307 e. The highest BCUT2D eigenvalue weighted by Crippen LogP contribution is 2.19. The number of carbonyl (C=O) groups is 1. The summed E-state index contributed by atoms with van der Waals surface area (Å²) in [6.07, 6.45) is 0. The van der Waals surface area contributed by atoms with E-state index in [-0.39, 0.29) is 6.03 Å². The number of nitrogens with two attached hydrogens (primary N) is 1. The van der Waals surface area contributed by atoms with E-state index in [1.165, 1.54) is 7.05 Å². The molecule has 76 valence electrons. The van der Waals surface area contributed by atoms with Crippen LogP contribution in [0.2, 0.25) is 5.02 Å². The molecule has 0 unspecified atom stereocenters. The van der Waals surface area contributed by atoms with E-state index in [1.54, 1.807) is 18.2 Å². The van der Waals surface area contributed by atoms with Crippen molar-refractivity contribution in [3.8, 4) is 0 Å². The molecule has 0 aromatic heterocycles. The molecule has 0 aliphatic heterocycles. The molecule has 0 heterocycles. The van der Waals surface area contributed by atoms with Crippen molar-refractivity contribution in [2.45, 2.75) is 6.92 Å². The maximum atomic E-state index is 11.2. The summed E-state index contributed by atoms with van der Waals surface area (Å²) in [6, 6.07) is 4.86. The van der Waals surface area contributed by atoms with E-state index >= 15 is 0 Å². The zero-order chi connectivity index (χ0) is 10.7. The summed E-state index contributed by atoms with van der Waals surface area (Å²) in [5.74, 6) is 5.25. The van der Waals surface area contributed by atoms with Crippen LogP contribution in [0.1, 0.15) is 5.56 Å². The Balaban J connectivity index is 2.78. The summed E-state index contributed by atoms with van der Waals surface area (Å²) < 4.78 is 0. The molecular weight excluding hydrogens is 202 g/mol. The van der Waals surface area contributed by atoms with Crippen molar-refractivity contribution < 1.29 is 4.79 Å². The van der Waals surface area contributed by atoms with Crippen molar-refractivity contribution in [1.82, 2.24) is 5.01 Å². The second-order valence-electron chi connectivity index (χ2n) is 3.01. The number of amides is 2. The van der Waals surface area contributed by atoms with Gasteiger partial charge in [0.15, 0.2) is 0 Å². The lowest BCUT2D eigenvalue weighted by Crippen LogP contribution is -2.36.